The van der Waals surface area contributed by atoms with Gasteiger partial charge in [-0.2, -0.15) is 0 Å². The Morgan fingerprint density at radius 3 is 2.68 bits per heavy atom. The SMILES string of the molecule is CC(C)(C)C(=O)NC(=S)NC1=CC2N=C(c3ccncc3)OC2C=C1. The Morgan fingerprint density at radius 2 is 2.00 bits per heavy atom. The number of pyridine rings is 1. The molecule has 0 aromatic carbocycles. The van der Waals surface area contributed by atoms with Gasteiger partial charge in [-0.25, -0.2) is 4.99 Å². The molecule has 1 aromatic heterocycles. The monoisotopic (exact) mass is 356 g/mol. The fraction of sp³-hybridized carbons (Fsp3) is 0.333. The van der Waals surface area contributed by atoms with E-state index in [1.54, 1.807) is 12.4 Å². The lowest BCUT2D eigenvalue weighted by Crippen LogP contribution is -2.44. The molecule has 6 nitrogen and oxygen atoms in total. The van der Waals surface area contributed by atoms with E-state index >= 15 is 0 Å². The molecule has 25 heavy (non-hydrogen) atoms. The number of nitrogens with zero attached hydrogens (tertiary/aromatic N) is 2. The van der Waals surface area contributed by atoms with Gasteiger partial charge in [-0.1, -0.05) is 20.8 Å². The van der Waals surface area contributed by atoms with Crippen molar-refractivity contribution in [3.8, 4) is 0 Å². The molecular formula is C18H20N4O2S. The Balaban J connectivity index is 1.66. The van der Waals surface area contributed by atoms with Crippen molar-refractivity contribution in [3.05, 3.63) is 54.0 Å². The van der Waals surface area contributed by atoms with Gasteiger partial charge in [-0.05, 0) is 42.6 Å². The van der Waals surface area contributed by atoms with Crippen LogP contribution in [0.2, 0.25) is 0 Å². The van der Waals surface area contributed by atoms with Gasteiger partial charge in [0.1, 0.15) is 12.1 Å². The summed E-state index contributed by atoms with van der Waals surface area (Å²) in [4.78, 5) is 20.6. The molecule has 2 heterocycles. The number of allylic oxidation sites excluding steroid dienone is 1. The summed E-state index contributed by atoms with van der Waals surface area (Å²) in [6, 6.07) is 3.59. The van der Waals surface area contributed by atoms with Crippen LogP contribution in [0.25, 0.3) is 0 Å². The highest BCUT2D eigenvalue weighted by Gasteiger charge is 2.30. The molecule has 0 fully saturated rings. The molecule has 2 atom stereocenters. The molecule has 130 valence electrons. The molecule has 2 aliphatic rings. The zero-order valence-electron chi connectivity index (χ0n) is 14.3. The maximum Gasteiger partial charge on any atom is 0.231 e. The van der Waals surface area contributed by atoms with Crippen molar-refractivity contribution in [2.75, 3.05) is 0 Å². The van der Waals surface area contributed by atoms with Crippen LogP contribution in [-0.2, 0) is 9.53 Å². The summed E-state index contributed by atoms with van der Waals surface area (Å²) < 4.78 is 5.87. The number of aromatic nitrogens is 1. The summed E-state index contributed by atoms with van der Waals surface area (Å²) in [7, 11) is 0. The van der Waals surface area contributed by atoms with Crippen LogP contribution in [0.15, 0.2) is 53.4 Å². The molecule has 1 aliphatic heterocycles. The second-order valence-electron chi connectivity index (χ2n) is 6.88. The third-order valence-corrected chi connectivity index (χ3v) is 3.96. The van der Waals surface area contributed by atoms with Crippen molar-refractivity contribution in [2.45, 2.75) is 32.9 Å². The van der Waals surface area contributed by atoms with E-state index in [1.807, 2.05) is 51.1 Å². The average molecular weight is 356 g/mol. The number of nitrogens with one attached hydrogen (secondary N) is 2. The summed E-state index contributed by atoms with van der Waals surface area (Å²) in [5.74, 6) is 0.466. The van der Waals surface area contributed by atoms with Gasteiger partial charge in [0.05, 0.1) is 0 Å². The van der Waals surface area contributed by atoms with Crippen molar-refractivity contribution in [2.24, 2.45) is 10.4 Å². The van der Waals surface area contributed by atoms with E-state index in [0.717, 1.165) is 11.3 Å². The van der Waals surface area contributed by atoms with E-state index in [4.69, 9.17) is 17.0 Å². The maximum atomic E-state index is 12.0. The fourth-order valence-corrected chi connectivity index (χ4v) is 2.55. The predicted octanol–water partition coefficient (Wildman–Crippen LogP) is 2.09. The normalized spacial score (nSPS) is 21.6. The number of hydrogen-bond acceptors (Lipinski definition) is 5. The second-order valence-corrected chi connectivity index (χ2v) is 7.29. The lowest BCUT2D eigenvalue weighted by molar-refractivity contribution is -0.126. The van der Waals surface area contributed by atoms with Gasteiger partial charge in [-0.3, -0.25) is 9.78 Å². The zero-order valence-corrected chi connectivity index (χ0v) is 15.1. The van der Waals surface area contributed by atoms with Crippen LogP contribution >= 0.6 is 12.2 Å². The predicted molar refractivity (Wildman–Crippen MR) is 100.0 cm³/mol. The molecular weight excluding hydrogens is 336 g/mol. The van der Waals surface area contributed by atoms with Crippen LogP contribution < -0.4 is 10.6 Å². The Labute approximate surface area is 152 Å². The van der Waals surface area contributed by atoms with Crippen LogP contribution in [0, 0.1) is 5.41 Å². The smallest absolute Gasteiger partial charge is 0.231 e. The number of thiocarbonyl (C=S) groups is 1. The Morgan fingerprint density at radius 1 is 1.28 bits per heavy atom. The highest BCUT2D eigenvalue weighted by molar-refractivity contribution is 7.80. The first kappa shape index (κ1) is 17.3. The Kier molecular flexibility index (Phi) is 4.67. The highest BCUT2D eigenvalue weighted by atomic mass is 32.1. The summed E-state index contributed by atoms with van der Waals surface area (Å²) in [5.41, 5.74) is 1.17. The molecule has 7 heteroatoms. The third kappa shape index (κ3) is 4.11. The van der Waals surface area contributed by atoms with E-state index < -0.39 is 5.41 Å². The first-order valence-corrected chi connectivity index (χ1v) is 8.41. The Bertz CT molecular complexity index is 778. The van der Waals surface area contributed by atoms with Crippen LogP contribution in [-0.4, -0.2) is 34.0 Å². The quantitative estimate of drug-likeness (QED) is 0.794. The van der Waals surface area contributed by atoms with Gasteiger partial charge in [0, 0.05) is 29.1 Å². The summed E-state index contributed by atoms with van der Waals surface area (Å²) >= 11 is 5.21. The number of carbonyl (C=O) groups excluding carboxylic acids is 1. The molecule has 1 aliphatic carbocycles. The molecule has 1 amide bonds. The standard InChI is InChI=1S/C18H20N4O2S/c1-18(2,3)16(23)22-17(25)20-12-4-5-14-13(10-12)21-15(24-14)11-6-8-19-9-7-11/h4-10,13-14H,1-3H3,(H2,20,22,23,25). The van der Waals surface area contributed by atoms with E-state index in [1.165, 1.54) is 0 Å². The number of fused-ring (bicyclic) bond motifs is 1. The first-order valence-electron chi connectivity index (χ1n) is 8.00. The van der Waals surface area contributed by atoms with Crippen molar-refractivity contribution in [1.29, 1.82) is 0 Å². The molecule has 3 rings (SSSR count). The highest BCUT2D eigenvalue weighted by Crippen LogP contribution is 2.24. The maximum absolute atomic E-state index is 12.0. The Hall–Kier alpha value is -2.54. The van der Waals surface area contributed by atoms with Crippen molar-refractivity contribution >= 4 is 29.1 Å². The number of hydrogen-bond donors (Lipinski definition) is 2. The van der Waals surface area contributed by atoms with Gasteiger partial charge >= 0.3 is 0 Å². The molecule has 0 radical (unpaired) electrons. The minimum atomic E-state index is -0.503. The molecule has 2 unspecified atom stereocenters. The van der Waals surface area contributed by atoms with Gasteiger partial charge < -0.3 is 15.4 Å². The van der Waals surface area contributed by atoms with E-state index in [0.29, 0.717) is 5.90 Å². The van der Waals surface area contributed by atoms with Gasteiger partial charge in [0.2, 0.25) is 11.8 Å². The fourth-order valence-electron chi connectivity index (χ4n) is 2.33. The van der Waals surface area contributed by atoms with Gasteiger partial charge in [0.25, 0.3) is 0 Å². The summed E-state index contributed by atoms with van der Waals surface area (Å²) in [6.07, 6.45) is 9.03. The number of aliphatic imine (C=N–C) groups is 1. The number of carbonyl (C=O) groups is 1. The molecule has 0 saturated heterocycles. The average Bonchev–Trinajstić information content (AvgIpc) is 2.98. The first-order chi connectivity index (χ1) is 11.8. The molecule has 1 aromatic rings. The molecule has 2 N–H and O–H groups in total. The van der Waals surface area contributed by atoms with E-state index in [9.17, 15) is 4.79 Å². The topological polar surface area (TPSA) is 75.6 Å². The largest absolute Gasteiger partial charge is 0.467 e. The van der Waals surface area contributed by atoms with E-state index in [-0.39, 0.29) is 23.2 Å². The second kappa shape index (κ2) is 6.76. The summed E-state index contributed by atoms with van der Waals surface area (Å²) in [6.45, 7) is 5.50. The molecule has 0 bridgehead atoms. The van der Waals surface area contributed by atoms with Gasteiger partial charge in [0.15, 0.2) is 5.11 Å². The van der Waals surface area contributed by atoms with Crippen LogP contribution in [0.4, 0.5) is 0 Å². The van der Waals surface area contributed by atoms with Crippen LogP contribution in [0.5, 0.6) is 0 Å². The minimum absolute atomic E-state index is 0.128. The molecule has 0 saturated carbocycles. The minimum Gasteiger partial charge on any atom is -0.467 e. The summed E-state index contributed by atoms with van der Waals surface area (Å²) in [5, 5.41) is 5.99. The third-order valence-electron chi connectivity index (χ3n) is 3.76. The number of amides is 1. The van der Waals surface area contributed by atoms with Crippen LogP contribution in [0.3, 0.4) is 0 Å². The zero-order chi connectivity index (χ0) is 18.0. The lowest BCUT2D eigenvalue weighted by atomic mass is 9.96. The van der Waals surface area contributed by atoms with Crippen molar-refractivity contribution < 1.29 is 9.53 Å². The van der Waals surface area contributed by atoms with Gasteiger partial charge in [-0.15, -0.1) is 0 Å². The van der Waals surface area contributed by atoms with Crippen molar-refractivity contribution in [1.82, 2.24) is 15.6 Å². The van der Waals surface area contributed by atoms with Crippen LogP contribution in [0.1, 0.15) is 26.3 Å². The van der Waals surface area contributed by atoms with E-state index in [2.05, 4.69) is 20.6 Å². The number of ether oxygens (including phenoxy) is 1. The number of rotatable bonds is 2. The van der Waals surface area contributed by atoms with Crippen molar-refractivity contribution in [3.63, 3.8) is 0 Å². The molecule has 0 spiro atoms. The lowest BCUT2D eigenvalue weighted by Gasteiger charge is -2.21.